The van der Waals surface area contributed by atoms with Gasteiger partial charge in [0.05, 0.1) is 11.4 Å². The van der Waals surface area contributed by atoms with E-state index in [2.05, 4.69) is 5.32 Å². The summed E-state index contributed by atoms with van der Waals surface area (Å²) in [6.07, 6.45) is 0.892. The average Bonchev–Trinajstić information content (AvgIpc) is 2.82. The lowest BCUT2D eigenvalue weighted by molar-refractivity contribution is 0.383. The number of nitrogens with one attached hydrogen (secondary N) is 1. The van der Waals surface area contributed by atoms with E-state index in [1.165, 1.54) is 12.0 Å². The van der Waals surface area contributed by atoms with Crippen LogP contribution in [0.25, 0.3) is 0 Å². The van der Waals surface area contributed by atoms with Gasteiger partial charge in [0.15, 0.2) is 11.6 Å². The Bertz CT molecular complexity index is 544. The van der Waals surface area contributed by atoms with Crippen molar-refractivity contribution in [2.24, 2.45) is 0 Å². The summed E-state index contributed by atoms with van der Waals surface area (Å²) in [4.78, 5) is 1.23. The minimum absolute atomic E-state index is 0.282. The molecule has 0 aliphatic heterocycles. The van der Waals surface area contributed by atoms with Crippen LogP contribution in [0, 0.1) is 5.82 Å². The molecule has 2 nitrogen and oxygen atoms in total. The molecule has 0 aliphatic carbocycles. The zero-order valence-electron chi connectivity index (χ0n) is 10.6. The number of hydrogen-bond donors (Lipinski definition) is 1. The largest absolute Gasteiger partial charge is 0.494 e. The summed E-state index contributed by atoms with van der Waals surface area (Å²) >= 11 is 7.43. The van der Waals surface area contributed by atoms with Gasteiger partial charge in [0.25, 0.3) is 0 Å². The number of benzene rings is 1. The lowest BCUT2D eigenvalue weighted by Gasteiger charge is -2.08. The lowest BCUT2D eigenvalue weighted by Crippen LogP contribution is -2.17. The van der Waals surface area contributed by atoms with Crippen molar-refractivity contribution in [3.63, 3.8) is 0 Å². The van der Waals surface area contributed by atoms with Gasteiger partial charge in [-0.25, -0.2) is 4.39 Å². The van der Waals surface area contributed by atoms with Gasteiger partial charge in [-0.3, -0.25) is 0 Å². The highest BCUT2D eigenvalue weighted by Crippen LogP contribution is 2.22. The summed E-state index contributed by atoms with van der Waals surface area (Å²) in [5.74, 6) is -0.0130. The van der Waals surface area contributed by atoms with E-state index in [-0.39, 0.29) is 11.6 Å². The number of hydrogen-bond acceptors (Lipinski definition) is 3. The summed E-state index contributed by atoms with van der Waals surface area (Å²) in [6.45, 7) is 1.27. The first kappa shape index (κ1) is 14.3. The molecule has 1 heterocycles. The third-order valence-corrected chi connectivity index (χ3v) is 4.05. The fraction of sp³-hybridized carbons (Fsp3) is 0.286. The highest BCUT2D eigenvalue weighted by atomic mass is 35.5. The molecule has 0 aliphatic rings. The van der Waals surface area contributed by atoms with Gasteiger partial charge in [-0.2, -0.15) is 0 Å². The molecule has 2 rings (SSSR count). The third-order valence-electron chi connectivity index (χ3n) is 2.76. The molecule has 1 N–H and O–H groups in total. The van der Waals surface area contributed by atoms with Crippen LogP contribution in [0.5, 0.6) is 5.75 Å². The number of thiophene rings is 1. The molecule has 1 aromatic heterocycles. The third kappa shape index (κ3) is 3.93. The predicted octanol–water partition coefficient (Wildman–Crippen LogP) is 3.88. The Hall–Kier alpha value is -1.10. The maximum absolute atomic E-state index is 13.8. The maximum Gasteiger partial charge on any atom is 0.169 e. The van der Waals surface area contributed by atoms with Gasteiger partial charge in [0, 0.05) is 23.5 Å². The van der Waals surface area contributed by atoms with Crippen molar-refractivity contribution in [3.8, 4) is 5.75 Å². The Labute approximate surface area is 121 Å². The van der Waals surface area contributed by atoms with Crippen LogP contribution in [-0.4, -0.2) is 13.7 Å². The van der Waals surface area contributed by atoms with Crippen LogP contribution in [0.4, 0.5) is 4.39 Å². The van der Waals surface area contributed by atoms with E-state index >= 15 is 0 Å². The van der Waals surface area contributed by atoms with E-state index in [1.54, 1.807) is 29.5 Å². The van der Waals surface area contributed by atoms with Crippen LogP contribution in [0.15, 0.2) is 30.3 Å². The number of halogens is 2. The zero-order valence-corrected chi connectivity index (χ0v) is 12.2. The van der Waals surface area contributed by atoms with Crippen LogP contribution in [-0.2, 0) is 13.0 Å². The summed E-state index contributed by atoms with van der Waals surface area (Å²) in [7, 11) is 1.47. The smallest absolute Gasteiger partial charge is 0.169 e. The Balaban J connectivity index is 1.82. The van der Waals surface area contributed by atoms with Crippen LogP contribution in [0.3, 0.4) is 0 Å². The van der Waals surface area contributed by atoms with Gasteiger partial charge in [-0.15, -0.1) is 11.3 Å². The Morgan fingerprint density at radius 3 is 2.84 bits per heavy atom. The summed E-state index contributed by atoms with van der Waals surface area (Å²) in [5, 5.41) is 3.22. The summed E-state index contributed by atoms with van der Waals surface area (Å²) in [5.41, 5.74) is 0.614. The second-order valence-corrected chi connectivity index (χ2v) is 5.87. The van der Waals surface area contributed by atoms with Crippen molar-refractivity contribution < 1.29 is 9.13 Å². The monoisotopic (exact) mass is 299 g/mol. The van der Waals surface area contributed by atoms with Gasteiger partial charge in [-0.05, 0) is 24.6 Å². The fourth-order valence-corrected chi connectivity index (χ4v) is 2.86. The highest BCUT2D eigenvalue weighted by Gasteiger charge is 2.07. The molecular formula is C14H15ClFNOS. The molecular weight excluding hydrogens is 285 g/mol. The molecule has 0 fully saturated rings. The normalized spacial score (nSPS) is 10.7. The molecule has 0 spiro atoms. The SMILES string of the molecule is COc1cccc(CNCCc2ccc(Cl)s2)c1F. The van der Waals surface area contributed by atoms with Gasteiger partial charge in [-0.1, -0.05) is 23.7 Å². The molecule has 0 atom stereocenters. The molecule has 0 radical (unpaired) electrons. The molecule has 0 unspecified atom stereocenters. The first-order valence-corrected chi connectivity index (χ1v) is 7.16. The highest BCUT2D eigenvalue weighted by molar-refractivity contribution is 7.16. The van der Waals surface area contributed by atoms with Crippen LogP contribution >= 0.6 is 22.9 Å². The van der Waals surface area contributed by atoms with E-state index in [1.807, 2.05) is 12.1 Å². The molecule has 19 heavy (non-hydrogen) atoms. The van der Waals surface area contributed by atoms with Crippen molar-refractivity contribution in [2.75, 3.05) is 13.7 Å². The number of rotatable bonds is 6. The lowest BCUT2D eigenvalue weighted by atomic mass is 10.2. The molecule has 102 valence electrons. The fourth-order valence-electron chi connectivity index (χ4n) is 1.77. The maximum atomic E-state index is 13.8. The molecule has 1 aromatic carbocycles. The zero-order chi connectivity index (χ0) is 13.7. The average molecular weight is 300 g/mol. The predicted molar refractivity (Wildman–Crippen MR) is 77.7 cm³/mol. The molecule has 2 aromatic rings. The Morgan fingerprint density at radius 1 is 1.32 bits per heavy atom. The Kier molecular flexibility index (Phi) is 5.19. The number of methoxy groups -OCH3 is 1. The van der Waals surface area contributed by atoms with E-state index < -0.39 is 0 Å². The summed E-state index contributed by atoms with van der Waals surface area (Å²) in [6, 6.07) is 9.07. The van der Waals surface area contributed by atoms with Gasteiger partial charge in [0.2, 0.25) is 0 Å². The topological polar surface area (TPSA) is 21.3 Å². The minimum atomic E-state index is -0.295. The summed E-state index contributed by atoms with van der Waals surface area (Å²) < 4.78 is 19.6. The molecule has 0 bridgehead atoms. The first-order valence-electron chi connectivity index (χ1n) is 5.97. The van der Waals surface area contributed by atoms with Gasteiger partial charge < -0.3 is 10.1 Å². The van der Waals surface area contributed by atoms with Crippen LogP contribution in [0.1, 0.15) is 10.4 Å². The van der Waals surface area contributed by atoms with Crippen molar-refractivity contribution in [2.45, 2.75) is 13.0 Å². The second-order valence-electron chi connectivity index (χ2n) is 4.07. The number of ether oxygens (including phenoxy) is 1. The molecule has 0 amide bonds. The van der Waals surface area contributed by atoms with Crippen molar-refractivity contribution in [1.82, 2.24) is 5.32 Å². The van der Waals surface area contributed by atoms with Crippen molar-refractivity contribution >= 4 is 22.9 Å². The molecule has 0 saturated heterocycles. The Morgan fingerprint density at radius 2 is 2.16 bits per heavy atom. The molecule has 0 saturated carbocycles. The van der Waals surface area contributed by atoms with E-state index in [0.717, 1.165) is 17.3 Å². The van der Waals surface area contributed by atoms with Crippen LogP contribution < -0.4 is 10.1 Å². The van der Waals surface area contributed by atoms with E-state index in [4.69, 9.17) is 16.3 Å². The van der Waals surface area contributed by atoms with E-state index in [0.29, 0.717) is 12.1 Å². The van der Waals surface area contributed by atoms with Gasteiger partial charge in [0.1, 0.15) is 0 Å². The quantitative estimate of drug-likeness (QED) is 0.817. The second kappa shape index (κ2) is 6.89. The van der Waals surface area contributed by atoms with Crippen LogP contribution in [0.2, 0.25) is 4.34 Å². The first-order chi connectivity index (χ1) is 9.20. The van der Waals surface area contributed by atoms with Gasteiger partial charge >= 0.3 is 0 Å². The molecule has 5 heteroatoms. The van der Waals surface area contributed by atoms with Crippen molar-refractivity contribution in [3.05, 3.63) is 50.9 Å². The van der Waals surface area contributed by atoms with Crippen molar-refractivity contribution in [1.29, 1.82) is 0 Å². The standard InChI is InChI=1S/C14H15ClFNOS/c1-18-12-4-2-3-10(14(12)16)9-17-8-7-11-5-6-13(15)19-11/h2-6,17H,7-9H2,1H3. The van der Waals surface area contributed by atoms with E-state index in [9.17, 15) is 4.39 Å². The minimum Gasteiger partial charge on any atom is -0.494 e.